The van der Waals surface area contributed by atoms with E-state index in [-0.39, 0.29) is 24.6 Å². The summed E-state index contributed by atoms with van der Waals surface area (Å²) in [6.45, 7) is 1.81. The van der Waals surface area contributed by atoms with Crippen molar-refractivity contribution in [1.82, 2.24) is 10.3 Å². The van der Waals surface area contributed by atoms with Crippen LogP contribution in [-0.4, -0.2) is 23.3 Å². The van der Waals surface area contributed by atoms with Gasteiger partial charge in [-0.15, -0.1) is 0 Å². The summed E-state index contributed by atoms with van der Waals surface area (Å²) in [7, 11) is 0. The molecule has 0 saturated carbocycles. The summed E-state index contributed by atoms with van der Waals surface area (Å²) >= 11 is 0. The Bertz CT molecular complexity index is 1100. The van der Waals surface area contributed by atoms with Gasteiger partial charge in [0, 0.05) is 24.3 Å². The lowest BCUT2D eigenvalue weighted by Gasteiger charge is -2.19. The predicted octanol–water partition coefficient (Wildman–Crippen LogP) is 3.29. The zero-order valence-corrected chi connectivity index (χ0v) is 17.4. The summed E-state index contributed by atoms with van der Waals surface area (Å²) in [5.74, 6) is -2.59. The van der Waals surface area contributed by atoms with Gasteiger partial charge >= 0.3 is 0 Å². The molecule has 1 aromatic heterocycles. The van der Waals surface area contributed by atoms with Crippen molar-refractivity contribution in [2.45, 2.75) is 19.6 Å². The highest BCUT2D eigenvalue weighted by molar-refractivity contribution is 5.94. The number of carbonyl (C=O) groups excluding carboxylic acids is 1. The molecule has 3 aromatic rings. The fourth-order valence-electron chi connectivity index (χ4n) is 3.10. The third kappa shape index (κ3) is 5.25. The molecule has 0 unspecified atom stereocenters. The van der Waals surface area contributed by atoms with Crippen LogP contribution in [0.3, 0.4) is 0 Å². The van der Waals surface area contributed by atoms with Gasteiger partial charge in [-0.1, -0.05) is 24.3 Å². The van der Waals surface area contributed by atoms with Gasteiger partial charge < -0.3 is 21.5 Å². The minimum absolute atomic E-state index is 0.0689. The van der Waals surface area contributed by atoms with Crippen LogP contribution in [0.25, 0.3) is 11.3 Å². The van der Waals surface area contributed by atoms with Gasteiger partial charge in [0.1, 0.15) is 17.5 Å². The summed E-state index contributed by atoms with van der Waals surface area (Å²) in [6, 6.07) is 12.0. The predicted molar refractivity (Wildman–Crippen MR) is 118 cm³/mol. The number of nitrogens with two attached hydrogens (primary N) is 2. The number of benzene rings is 2. The number of pyridine rings is 1. The number of nitrogens with one attached hydrogen (secondary N) is 2. The molecule has 1 heterocycles. The van der Waals surface area contributed by atoms with Crippen LogP contribution in [0.2, 0.25) is 0 Å². The lowest BCUT2D eigenvalue weighted by atomic mass is 10.0. The fraction of sp³-hybridized carbons (Fsp3) is 0.174. The quantitative estimate of drug-likeness (QED) is 0.316. The summed E-state index contributed by atoms with van der Waals surface area (Å²) in [5.41, 5.74) is 12.8. The third-order valence-corrected chi connectivity index (χ3v) is 4.73. The van der Waals surface area contributed by atoms with Gasteiger partial charge in [0.15, 0.2) is 6.10 Å². The van der Waals surface area contributed by atoms with Crippen molar-refractivity contribution in [3.63, 3.8) is 0 Å². The molecule has 1 amide bonds. The van der Waals surface area contributed by atoms with Gasteiger partial charge in [0.05, 0.1) is 23.1 Å². The first kappa shape index (κ1) is 22.8. The van der Waals surface area contributed by atoms with Gasteiger partial charge in [-0.25, -0.2) is 8.78 Å². The highest BCUT2D eigenvalue weighted by Gasteiger charge is 2.28. The van der Waals surface area contributed by atoms with Crippen molar-refractivity contribution in [2.24, 2.45) is 5.73 Å². The zero-order valence-electron chi connectivity index (χ0n) is 17.4. The fourth-order valence-corrected chi connectivity index (χ4v) is 3.10. The van der Waals surface area contributed by atoms with Gasteiger partial charge in [-0.05, 0) is 36.8 Å². The first-order valence-corrected chi connectivity index (χ1v) is 9.83. The van der Waals surface area contributed by atoms with Crippen LogP contribution in [0.5, 0.6) is 0 Å². The molecule has 2 aromatic carbocycles. The van der Waals surface area contributed by atoms with E-state index in [1.807, 2.05) is 0 Å². The molecule has 0 aliphatic heterocycles. The Morgan fingerprint density at radius 1 is 1.16 bits per heavy atom. The first-order chi connectivity index (χ1) is 15.3. The Balaban J connectivity index is 1.81. The van der Waals surface area contributed by atoms with Gasteiger partial charge in [0.2, 0.25) is 0 Å². The lowest BCUT2D eigenvalue weighted by molar-refractivity contribution is -0.133. The summed E-state index contributed by atoms with van der Waals surface area (Å²) in [5, 5.41) is 10.0. The SMILES string of the molecule is CCO[C@H](C(=O)NCc1ccc(C(=N)N)cc1)c1c(F)cc(-c2ccc(N)cn2)cc1F. The van der Waals surface area contributed by atoms with Gasteiger partial charge in [-0.2, -0.15) is 0 Å². The molecule has 166 valence electrons. The summed E-state index contributed by atoms with van der Waals surface area (Å²) in [4.78, 5) is 16.8. The number of amides is 1. The normalized spacial score (nSPS) is 11.7. The minimum Gasteiger partial charge on any atom is -0.397 e. The topological polar surface area (TPSA) is 127 Å². The van der Waals surface area contributed by atoms with Crippen LogP contribution < -0.4 is 16.8 Å². The molecule has 1 atom stereocenters. The lowest BCUT2D eigenvalue weighted by Crippen LogP contribution is -2.31. The van der Waals surface area contributed by atoms with Crippen molar-refractivity contribution in [2.75, 3.05) is 12.3 Å². The van der Waals surface area contributed by atoms with Crippen LogP contribution in [0.4, 0.5) is 14.5 Å². The summed E-state index contributed by atoms with van der Waals surface area (Å²) < 4.78 is 35.2. The van der Waals surface area contributed by atoms with Gasteiger partial charge in [0.25, 0.3) is 5.91 Å². The average Bonchev–Trinajstić information content (AvgIpc) is 2.77. The van der Waals surface area contributed by atoms with E-state index in [4.69, 9.17) is 21.6 Å². The van der Waals surface area contributed by atoms with E-state index in [1.54, 1.807) is 43.3 Å². The Labute approximate surface area is 183 Å². The van der Waals surface area contributed by atoms with Crippen molar-refractivity contribution >= 4 is 17.4 Å². The average molecular weight is 439 g/mol. The van der Waals surface area contributed by atoms with Crippen molar-refractivity contribution in [3.05, 3.63) is 83.1 Å². The Morgan fingerprint density at radius 2 is 1.81 bits per heavy atom. The highest BCUT2D eigenvalue weighted by atomic mass is 19.1. The number of nitrogens with zero attached hydrogens (tertiary/aromatic N) is 1. The maximum Gasteiger partial charge on any atom is 0.254 e. The monoisotopic (exact) mass is 439 g/mol. The highest BCUT2D eigenvalue weighted by Crippen LogP contribution is 2.29. The number of carbonyl (C=O) groups is 1. The smallest absolute Gasteiger partial charge is 0.254 e. The van der Waals surface area contributed by atoms with Gasteiger partial charge in [-0.3, -0.25) is 15.2 Å². The molecule has 0 fully saturated rings. The molecule has 0 spiro atoms. The Hall–Kier alpha value is -3.85. The van der Waals surface area contributed by atoms with E-state index < -0.39 is 29.2 Å². The van der Waals surface area contributed by atoms with Crippen LogP contribution in [-0.2, 0) is 16.1 Å². The second-order valence-electron chi connectivity index (χ2n) is 6.99. The van der Waals surface area contributed by atoms with Crippen molar-refractivity contribution in [3.8, 4) is 11.3 Å². The molecule has 6 N–H and O–H groups in total. The van der Waals surface area contributed by atoms with E-state index in [1.165, 1.54) is 6.20 Å². The number of anilines is 1. The molecular formula is C23H23F2N5O2. The van der Waals surface area contributed by atoms with E-state index >= 15 is 0 Å². The number of aromatic nitrogens is 1. The number of hydrogen-bond donors (Lipinski definition) is 4. The molecule has 32 heavy (non-hydrogen) atoms. The van der Waals surface area contributed by atoms with Crippen molar-refractivity contribution in [1.29, 1.82) is 5.41 Å². The molecule has 0 aliphatic rings. The van der Waals surface area contributed by atoms with Crippen LogP contribution in [0, 0.1) is 17.0 Å². The minimum atomic E-state index is -1.47. The molecule has 0 saturated heterocycles. The molecule has 3 rings (SSSR count). The molecule has 0 aliphatic carbocycles. The molecule has 0 bridgehead atoms. The number of nitrogen functional groups attached to an aromatic ring is 2. The number of hydrogen-bond acceptors (Lipinski definition) is 5. The Kier molecular flexibility index (Phi) is 7.11. The molecular weight excluding hydrogens is 416 g/mol. The second kappa shape index (κ2) is 9.97. The maximum atomic E-state index is 14.9. The molecule has 7 nitrogen and oxygen atoms in total. The van der Waals surface area contributed by atoms with E-state index in [0.717, 1.165) is 17.7 Å². The second-order valence-corrected chi connectivity index (χ2v) is 6.99. The number of amidine groups is 1. The van der Waals surface area contributed by atoms with Crippen molar-refractivity contribution < 1.29 is 18.3 Å². The third-order valence-electron chi connectivity index (χ3n) is 4.73. The molecule has 9 heteroatoms. The number of ether oxygens (including phenoxy) is 1. The van der Waals surface area contributed by atoms with E-state index in [0.29, 0.717) is 16.9 Å². The Morgan fingerprint density at radius 3 is 2.34 bits per heavy atom. The van der Waals surface area contributed by atoms with E-state index in [9.17, 15) is 13.6 Å². The molecule has 0 radical (unpaired) electrons. The van der Waals surface area contributed by atoms with E-state index in [2.05, 4.69) is 10.3 Å². The number of halogens is 2. The standard InChI is InChI=1S/C23H23F2N5O2/c1-2-32-21(23(31)30-11-13-3-5-14(6-4-13)22(27)28)20-17(24)9-15(10-18(20)25)19-8-7-16(26)12-29-19/h3-10,12,21H,2,11,26H2,1H3,(H3,27,28)(H,30,31)/t21-/m0/s1. The summed E-state index contributed by atoms with van der Waals surface area (Å²) in [6.07, 6.45) is -0.0803. The number of rotatable bonds is 8. The van der Waals surface area contributed by atoms with Crippen LogP contribution in [0.15, 0.2) is 54.7 Å². The largest absolute Gasteiger partial charge is 0.397 e. The maximum absolute atomic E-state index is 14.9. The zero-order chi connectivity index (χ0) is 23.3. The van der Waals surface area contributed by atoms with Crippen LogP contribution >= 0.6 is 0 Å². The van der Waals surface area contributed by atoms with Crippen LogP contribution in [0.1, 0.15) is 29.7 Å². The first-order valence-electron chi connectivity index (χ1n) is 9.83.